The number of rotatable bonds is 7. The van der Waals surface area contributed by atoms with Crippen LogP contribution in [0.4, 0.5) is 0 Å². The Morgan fingerprint density at radius 1 is 1.33 bits per heavy atom. The smallest absolute Gasteiger partial charge is 0.308 e. The first-order valence-corrected chi connectivity index (χ1v) is 7.74. The highest BCUT2D eigenvalue weighted by molar-refractivity contribution is 7.12. The van der Waals surface area contributed by atoms with Gasteiger partial charge < -0.3 is 9.84 Å². The monoisotopic (exact) mass is 305 g/mol. The van der Waals surface area contributed by atoms with Crippen molar-refractivity contribution in [3.05, 3.63) is 39.7 Å². The second kappa shape index (κ2) is 7.33. The van der Waals surface area contributed by atoms with Gasteiger partial charge in [-0.3, -0.25) is 4.79 Å². The normalized spacial score (nSPS) is 10.8. The maximum absolute atomic E-state index is 11.0. The Kier molecular flexibility index (Phi) is 5.47. The van der Waals surface area contributed by atoms with Gasteiger partial charge in [-0.25, -0.2) is 4.98 Å². The van der Waals surface area contributed by atoms with Crippen molar-refractivity contribution in [2.45, 2.75) is 26.2 Å². The van der Waals surface area contributed by atoms with Crippen LogP contribution in [0.1, 0.15) is 22.4 Å². The number of hydrogen-bond donors (Lipinski definition) is 1. The van der Waals surface area contributed by atoms with Crippen LogP contribution >= 0.6 is 11.3 Å². The van der Waals surface area contributed by atoms with Crippen LogP contribution in [0.3, 0.4) is 0 Å². The molecular weight excluding hydrogens is 286 g/mol. The van der Waals surface area contributed by atoms with E-state index in [1.165, 1.54) is 16.9 Å². The van der Waals surface area contributed by atoms with E-state index in [-0.39, 0.29) is 6.42 Å². The summed E-state index contributed by atoms with van der Waals surface area (Å²) in [5.41, 5.74) is 3.02. The molecule has 0 fully saturated rings. The summed E-state index contributed by atoms with van der Waals surface area (Å²) >= 11 is 1.46. The van der Waals surface area contributed by atoms with Gasteiger partial charge in [0.1, 0.15) is 0 Å². The van der Waals surface area contributed by atoms with Gasteiger partial charge in [0.25, 0.3) is 0 Å². The summed E-state index contributed by atoms with van der Waals surface area (Å²) in [4.78, 5) is 16.4. The van der Waals surface area contributed by atoms with Crippen molar-refractivity contribution in [2.24, 2.45) is 0 Å². The molecule has 1 N–H and O–H groups in total. The molecule has 0 amide bonds. The molecule has 1 aromatic carbocycles. The molecule has 0 radical (unpaired) electrons. The molecule has 0 aliphatic rings. The zero-order valence-corrected chi connectivity index (χ0v) is 13.1. The van der Waals surface area contributed by atoms with Gasteiger partial charge in [-0.2, -0.15) is 0 Å². The Bertz CT molecular complexity index is 604. The molecule has 5 heteroatoms. The summed E-state index contributed by atoms with van der Waals surface area (Å²) in [6.07, 6.45) is 1.70. The molecule has 0 atom stereocenters. The average Bonchev–Trinajstić information content (AvgIpc) is 2.87. The molecule has 1 aromatic heterocycles. The number of thiazole rings is 1. The lowest BCUT2D eigenvalue weighted by atomic mass is 10.1. The van der Waals surface area contributed by atoms with Gasteiger partial charge in [0.05, 0.1) is 23.7 Å². The molecule has 21 heavy (non-hydrogen) atoms. The number of carboxylic acid groups (broad SMARTS) is 1. The van der Waals surface area contributed by atoms with Crippen LogP contribution in [-0.4, -0.2) is 29.8 Å². The Morgan fingerprint density at radius 2 is 2.05 bits per heavy atom. The third-order valence-electron chi connectivity index (χ3n) is 3.21. The molecule has 0 saturated carbocycles. The zero-order chi connectivity index (χ0) is 15.2. The highest BCUT2D eigenvalue weighted by Crippen LogP contribution is 2.29. The molecule has 2 rings (SSSR count). The fraction of sp³-hybridized carbons (Fsp3) is 0.375. The number of aryl methyl sites for hydroxylation is 1. The first kappa shape index (κ1) is 15.7. The minimum Gasteiger partial charge on any atom is -0.481 e. The van der Waals surface area contributed by atoms with Crippen LogP contribution in [0.5, 0.6) is 0 Å². The summed E-state index contributed by atoms with van der Waals surface area (Å²) in [7, 11) is 1.65. The van der Waals surface area contributed by atoms with Crippen molar-refractivity contribution < 1.29 is 14.6 Å². The van der Waals surface area contributed by atoms with Crippen molar-refractivity contribution in [1.82, 2.24) is 4.98 Å². The summed E-state index contributed by atoms with van der Waals surface area (Å²) < 4.78 is 5.06. The van der Waals surface area contributed by atoms with E-state index in [1.807, 2.05) is 12.1 Å². The van der Waals surface area contributed by atoms with E-state index in [0.717, 1.165) is 27.6 Å². The molecule has 112 valence electrons. The number of nitrogens with zero attached hydrogens (tertiary/aromatic N) is 1. The predicted octanol–water partition coefficient (Wildman–Crippen LogP) is 3.19. The van der Waals surface area contributed by atoms with E-state index in [9.17, 15) is 4.79 Å². The summed E-state index contributed by atoms with van der Waals surface area (Å²) in [5.74, 6) is -0.830. The van der Waals surface area contributed by atoms with Gasteiger partial charge in [-0.1, -0.05) is 31.2 Å². The van der Waals surface area contributed by atoms with Gasteiger partial charge in [0, 0.05) is 24.0 Å². The van der Waals surface area contributed by atoms with E-state index < -0.39 is 5.97 Å². The SMILES string of the molecule is CCc1ccc(-c2nc(CCOC)sc2CC(=O)O)cc1. The second-order valence-corrected chi connectivity index (χ2v) is 5.91. The highest BCUT2D eigenvalue weighted by Gasteiger charge is 2.15. The van der Waals surface area contributed by atoms with Gasteiger partial charge >= 0.3 is 5.97 Å². The maximum atomic E-state index is 11.0. The quantitative estimate of drug-likeness (QED) is 0.853. The van der Waals surface area contributed by atoms with Crippen LogP contribution in [0.2, 0.25) is 0 Å². The Hall–Kier alpha value is -1.72. The molecule has 0 aliphatic carbocycles. The zero-order valence-electron chi connectivity index (χ0n) is 12.3. The number of aromatic nitrogens is 1. The van der Waals surface area contributed by atoms with Crippen LogP contribution in [0.15, 0.2) is 24.3 Å². The van der Waals surface area contributed by atoms with E-state index in [1.54, 1.807) is 7.11 Å². The Morgan fingerprint density at radius 3 is 2.62 bits per heavy atom. The number of benzene rings is 1. The second-order valence-electron chi connectivity index (χ2n) is 4.74. The van der Waals surface area contributed by atoms with Gasteiger partial charge in [-0.05, 0) is 12.0 Å². The number of carboxylic acids is 1. The van der Waals surface area contributed by atoms with E-state index in [0.29, 0.717) is 13.0 Å². The predicted molar refractivity (Wildman–Crippen MR) is 83.8 cm³/mol. The topological polar surface area (TPSA) is 59.4 Å². The molecule has 1 heterocycles. The Balaban J connectivity index is 2.33. The number of aliphatic carboxylic acids is 1. The molecule has 0 spiro atoms. The maximum Gasteiger partial charge on any atom is 0.308 e. The van der Waals surface area contributed by atoms with Crippen molar-refractivity contribution in [3.63, 3.8) is 0 Å². The summed E-state index contributed by atoms with van der Waals surface area (Å²) in [6, 6.07) is 8.15. The minimum atomic E-state index is -0.830. The molecular formula is C16H19NO3S. The Labute approximate surface area is 128 Å². The van der Waals surface area contributed by atoms with Gasteiger partial charge in [0.2, 0.25) is 0 Å². The summed E-state index contributed by atoms with van der Waals surface area (Å²) in [5, 5.41) is 9.98. The van der Waals surface area contributed by atoms with Crippen LogP contribution in [0.25, 0.3) is 11.3 Å². The molecule has 0 aliphatic heterocycles. The van der Waals surface area contributed by atoms with Gasteiger partial charge in [0.15, 0.2) is 0 Å². The molecule has 0 saturated heterocycles. The van der Waals surface area contributed by atoms with Crippen molar-refractivity contribution in [2.75, 3.05) is 13.7 Å². The average molecular weight is 305 g/mol. The first-order chi connectivity index (χ1) is 10.1. The van der Waals surface area contributed by atoms with Crippen LogP contribution in [0, 0.1) is 0 Å². The number of carbonyl (C=O) groups is 1. The van der Waals surface area contributed by atoms with Crippen LogP contribution < -0.4 is 0 Å². The van der Waals surface area contributed by atoms with Crippen molar-refractivity contribution in [1.29, 1.82) is 0 Å². The third-order valence-corrected chi connectivity index (χ3v) is 4.32. The van der Waals surface area contributed by atoms with E-state index >= 15 is 0 Å². The standard InChI is InChI=1S/C16H19NO3S/c1-3-11-4-6-12(7-5-11)16-13(10-15(18)19)21-14(17-16)8-9-20-2/h4-7H,3,8-10H2,1-2H3,(H,18,19). The number of ether oxygens (including phenoxy) is 1. The molecule has 0 unspecified atom stereocenters. The lowest BCUT2D eigenvalue weighted by Crippen LogP contribution is -1.99. The fourth-order valence-electron chi connectivity index (χ4n) is 2.08. The fourth-order valence-corrected chi connectivity index (χ4v) is 3.14. The molecule has 2 aromatic rings. The van der Waals surface area contributed by atoms with Crippen molar-refractivity contribution in [3.8, 4) is 11.3 Å². The molecule has 4 nitrogen and oxygen atoms in total. The van der Waals surface area contributed by atoms with Crippen LogP contribution in [-0.2, 0) is 28.8 Å². The minimum absolute atomic E-state index is 0.00944. The number of hydrogen-bond acceptors (Lipinski definition) is 4. The van der Waals surface area contributed by atoms with Gasteiger partial charge in [-0.15, -0.1) is 11.3 Å². The van der Waals surface area contributed by atoms with E-state index in [4.69, 9.17) is 9.84 Å². The largest absolute Gasteiger partial charge is 0.481 e. The lowest BCUT2D eigenvalue weighted by molar-refractivity contribution is -0.136. The van der Waals surface area contributed by atoms with E-state index in [2.05, 4.69) is 24.0 Å². The summed E-state index contributed by atoms with van der Waals surface area (Å²) in [6.45, 7) is 2.70. The third kappa shape index (κ3) is 4.12. The first-order valence-electron chi connectivity index (χ1n) is 6.92. The van der Waals surface area contributed by atoms with Crippen molar-refractivity contribution >= 4 is 17.3 Å². The molecule has 0 bridgehead atoms. The lowest BCUT2D eigenvalue weighted by Gasteiger charge is -2.02. The highest BCUT2D eigenvalue weighted by atomic mass is 32.1. The number of methoxy groups -OCH3 is 1.